The average Bonchev–Trinajstić information content (AvgIpc) is 2.61. The van der Waals surface area contributed by atoms with Crippen molar-refractivity contribution in [2.75, 3.05) is 16.8 Å². The molecule has 0 amide bonds. The molecule has 1 unspecified atom stereocenters. The summed E-state index contributed by atoms with van der Waals surface area (Å²) in [6.45, 7) is 2.95. The zero-order chi connectivity index (χ0) is 17.9. The predicted molar refractivity (Wildman–Crippen MR) is 89.8 cm³/mol. The number of anilines is 3. The molecule has 1 atom stereocenters. The highest BCUT2D eigenvalue weighted by Crippen LogP contribution is 2.35. The van der Waals surface area contributed by atoms with Crippen molar-refractivity contribution in [1.82, 2.24) is 15.2 Å². The zero-order valence-corrected chi connectivity index (χ0v) is 13.9. The largest absolute Gasteiger partial charge is 0.418 e. The van der Waals surface area contributed by atoms with Crippen molar-refractivity contribution < 1.29 is 13.2 Å². The molecule has 0 spiro atoms. The van der Waals surface area contributed by atoms with Gasteiger partial charge in [-0.3, -0.25) is 0 Å². The topological polar surface area (TPSA) is 53.9 Å². The summed E-state index contributed by atoms with van der Waals surface area (Å²) in [5.74, 6) is 0.711. The molecule has 1 aromatic carbocycles. The van der Waals surface area contributed by atoms with Gasteiger partial charge >= 0.3 is 6.18 Å². The Morgan fingerprint density at radius 3 is 2.80 bits per heavy atom. The first-order valence-corrected chi connectivity index (χ1v) is 8.38. The van der Waals surface area contributed by atoms with Crippen LogP contribution in [0.25, 0.3) is 0 Å². The van der Waals surface area contributed by atoms with E-state index in [1.165, 1.54) is 24.8 Å². The quantitative estimate of drug-likeness (QED) is 0.885. The molecule has 1 N–H and O–H groups in total. The van der Waals surface area contributed by atoms with Crippen molar-refractivity contribution in [3.63, 3.8) is 0 Å². The standard InChI is InChI=1S/C17H20F3N5/c1-2-12-7-5-6-10-25(12)16-23-15(11-21-24-16)22-14-9-4-3-8-13(14)17(18,19)20/h3-4,8-9,11-12H,2,5-7,10H2,1H3,(H,22,23,24). The highest BCUT2D eigenvalue weighted by Gasteiger charge is 2.33. The molecule has 1 aliphatic heterocycles. The van der Waals surface area contributed by atoms with Gasteiger partial charge in [0.15, 0.2) is 5.82 Å². The molecule has 2 heterocycles. The van der Waals surface area contributed by atoms with E-state index in [0.717, 1.165) is 31.9 Å². The molecule has 8 heteroatoms. The first-order chi connectivity index (χ1) is 12.0. The third-order valence-corrected chi connectivity index (χ3v) is 4.40. The molecule has 0 radical (unpaired) electrons. The number of halogens is 3. The van der Waals surface area contributed by atoms with Gasteiger partial charge in [-0.2, -0.15) is 23.3 Å². The van der Waals surface area contributed by atoms with E-state index in [4.69, 9.17) is 0 Å². The second kappa shape index (κ2) is 7.25. The second-order valence-electron chi connectivity index (χ2n) is 6.06. The van der Waals surface area contributed by atoms with E-state index in [1.807, 2.05) is 0 Å². The minimum absolute atomic E-state index is 0.0489. The van der Waals surface area contributed by atoms with Crippen molar-refractivity contribution in [3.8, 4) is 0 Å². The van der Waals surface area contributed by atoms with Gasteiger partial charge in [-0.15, -0.1) is 5.10 Å². The van der Waals surface area contributed by atoms with E-state index < -0.39 is 11.7 Å². The van der Waals surface area contributed by atoms with Gasteiger partial charge in [-0.25, -0.2) is 0 Å². The summed E-state index contributed by atoms with van der Waals surface area (Å²) in [6, 6.07) is 5.66. The maximum Gasteiger partial charge on any atom is 0.418 e. The van der Waals surface area contributed by atoms with Gasteiger partial charge in [0.25, 0.3) is 0 Å². The second-order valence-corrected chi connectivity index (χ2v) is 6.06. The highest BCUT2D eigenvalue weighted by molar-refractivity contribution is 5.61. The molecule has 1 fully saturated rings. The van der Waals surface area contributed by atoms with E-state index in [2.05, 4.69) is 32.3 Å². The summed E-state index contributed by atoms with van der Waals surface area (Å²) in [5.41, 5.74) is -0.785. The fourth-order valence-corrected chi connectivity index (χ4v) is 3.14. The van der Waals surface area contributed by atoms with Crippen molar-refractivity contribution in [2.45, 2.75) is 44.8 Å². The van der Waals surface area contributed by atoms with Gasteiger partial charge in [0.1, 0.15) is 0 Å². The molecule has 2 aromatic rings. The van der Waals surface area contributed by atoms with Crippen molar-refractivity contribution in [2.24, 2.45) is 0 Å². The molecule has 0 aliphatic carbocycles. The molecular weight excluding hydrogens is 331 g/mol. The van der Waals surface area contributed by atoms with E-state index in [0.29, 0.717) is 12.0 Å². The Morgan fingerprint density at radius 2 is 2.04 bits per heavy atom. The van der Waals surface area contributed by atoms with Crippen LogP contribution in [-0.2, 0) is 6.18 Å². The van der Waals surface area contributed by atoms with Crippen LogP contribution < -0.4 is 10.2 Å². The molecule has 3 rings (SSSR count). The normalized spacial score (nSPS) is 18.2. The SMILES string of the molecule is CCC1CCCCN1c1nncc(Nc2ccccc2C(F)(F)F)n1. The van der Waals surface area contributed by atoms with Crippen LogP contribution in [0.15, 0.2) is 30.5 Å². The maximum absolute atomic E-state index is 13.1. The average molecular weight is 351 g/mol. The van der Waals surface area contributed by atoms with Crippen LogP contribution in [-0.4, -0.2) is 27.8 Å². The van der Waals surface area contributed by atoms with Gasteiger partial charge in [-0.05, 0) is 37.8 Å². The van der Waals surface area contributed by atoms with Crippen molar-refractivity contribution in [3.05, 3.63) is 36.0 Å². The van der Waals surface area contributed by atoms with E-state index in [-0.39, 0.29) is 11.5 Å². The molecule has 5 nitrogen and oxygen atoms in total. The predicted octanol–water partition coefficient (Wildman–Crippen LogP) is 4.40. The first-order valence-electron chi connectivity index (χ1n) is 8.38. The molecule has 1 aliphatic rings. The first kappa shape index (κ1) is 17.4. The summed E-state index contributed by atoms with van der Waals surface area (Å²) in [7, 11) is 0. The number of alkyl halides is 3. The maximum atomic E-state index is 13.1. The fourth-order valence-electron chi connectivity index (χ4n) is 3.14. The van der Waals surface area contributed by atoms with Crippen molar-refractivity contribution in [1.29, 1.82) is 0 Å². The number of nitrogens with zero attached hydrogens (tertiary/aromatic N) is 4. The number of rotatable bonds is 4. The van der Waals surface area contributed by atoms with Crippen LogP contribution in [0.1, 0.15) is 38.2 Å². The minimum Gasteiger partial charge on any atom is -0.338 e. The number of nitrogens with one attached hydrogen (secondary N) is 1. The number of piperidine rings is 1. The zero-order valence-electron chi connectivity index (χ0n) is 13.9. The molecule has 1 aromatic heterocycles. The summed E-state index contributed by atoms with van der Waals surface area (Å²) >= 11 is 0. The lowest BCUT2D eigenvalue weighted by Crippen LogP contribution is -2.40. The third kappa shape index (κ3) is 4.00. The number of hydrogen-bond donors (Lipinski definition) is 1. The Kier molecular flexibility index (Phi) is 5.06. The van der Waals surface area contributed by atoms with Gasteiger partial charge in [0, 0.05) is 12.6 Å². The lowest BCUT2D eigenvalue weighted by Gasteiger charge is -2.34. The van der Waals surface area contributed by atoms with Crippen LogP contribution >= 0.6 is 0 Å². The monoisotopic (exact) mass is 351 g/mol. The molecule has 0 bridgehead atoms. The fraction of sp³-hybridized carbons (Fsp3) is 0.471. The summed E-state index contributed by atoms with van der Waals surface area (Å²) in [6.07, 6.45) is 1.15. The Morgan fingerprint density at radius 1 is 1.24 bits per heavy atom. The van der Waals surface area contributed by atoms with Crippen LogP contribution in [0.2, 0.25) is 0 Å². The number of aromatic nitrogens is 3. The van der Waals surface area contributed by atoms with E-state index >= 15 is 0 Å². The molecular formula is C17H20F3N5. The summed E-state index contributed by atoms with van der Waals surface area (Å²) in [5, 5.41) is 10.7. The lowest BCUT2D eigenvalue weighted by atomic mass is 10.0. The summed E-state index contributed by atoms with van der Waals surface area (Å²) in [4.78, 5) is 6.48. The molecule has 0 saturated carbocycles. The van der Waals surface area contributed by atoms with E-state index in [9.17, 15) is 13.2 Å². The van der Waals surface area contributed by atoms with E-state index in [1.54, 1.807) is 6.07 Å². The minimum atomic E-state index is -4.44. The summed E-state index contributed by atoms with van der Waals surface area (Å²) < 4.78 is 39.4. The number of para-hydroxylation sites is 1. The third-order valence-electron chi connectivity index (χ3n) is 4.40. The van der Waals surface area contributed by atoms with Gasteiger partial charge < -0.3 is 10.2 Å². The van der Waals surface area contributed by atoms with Crippen LogP contribution in [0.5, 0.6) is 0 Å². The smallest absolute Gasteiger partial charge is 0.338 e. The van der Waals surface area contributed by atoms with Crippen LogP contribution in [0.4, 0.5) is 30.6 Å². The molecule has 25 heavy (non-hydrogen) atoms. The number of hydrogen-bond acceptors (Lipinski definition) is 5. The van der Waals surface area contributed by atoms with Crippen LogP contribution in [0.3, 0.4) is 0 Å². The van der Waals surface area contributed by atoms with Gasteiger partial charge in [-0.1, -0.05) is 19.1 Å². The van der Waals surface area contributed by atoms with Crippen LogP contribution in [0, 0.1) is 0 Å². The van der Waals surface area contributed by atoms with Gasteiger partial charge in [0.2, 0.25) is 5.95 Å². The Balaban J connectivity index is 1.86. The Labute approximate surface area is 144 Å². The highest BCUT2D eigenvalue weighted by atomic mass is 19.4. The Hall–Kier alpha value is -2.38. The molecule has 134 valence electrons. The lowest BCUT2D eigenvalue weighted by molar-refractivity contribution is -0.136. The molecule has 1 saturated heterocycles. The Bertz CT molecular complexity index is 719. The van der Waals surface area contributed by atoms with Crippen molar-refractivity contribution >= 4 is 17.5 Å². The number of benzene rings is 1. The van der Waals surface area contributed by atoms with Gasteiger partial charge in [0.05, 0.1) is 17.4 Å².